The number of hydrogen-bond donors (Lipinski definition) is 2. The third-order valence-corrected chi connectivity index (χ3v) is 3.04. The molecule has 1 atom stereocenters. The van der Waals surface area contributed by atoms with Crippen molar-refractivity contribution in [3.8, 4) is 0 Å². The third kappa shape index (κ3) is 2.75. The van der Waals surface area contributed by atoms with Crippen molar-refractivity contribution in [2.75, 3.05) is 0 Å². The van der Waals surface area contributed by atoms with Crippen molar-refractivity contribution in [3.63, 3.8) is 0 Å². The van der Waals surface area contributed by atoms with Crippen molar-refractivity contribution < 1.29 is 0 Å². The van der Waals surface area contributed by atoms with Crippen molar-refractivity contribution >= 4 is 0 Å². The Balaban J connectivity index is 2.22. The number of aromatic nitrogens is 3. The largest absolute Gasteiger partial charge is 0.276 e. The van der Waals surface area contributed by atoms with Crippen LogP contribution in [-0.4, -0.2) is 14.8 Å². The molecular weight excluding hydrogens is 226 g/mol. The van der Waals surface area contributed by atoms with E-state index < -0.39 is 0 Å². The van der Waals surface area contributed by atoms with Crippen LogP contribution in [0.3, 0.4) is 0 Å². The summed E-state index contributed by atoms with van der Waals surface area (Å²) in [5.41, 5.74) is 6.24. The Morgan fingerprint density at radius 1 is 1.50 bits per heavy atom. The number of nitrogens with zero attached hydrogens (tertiary/aromatic N) is 3. The number of rotatable bonds is 5. The first-order valence-corrected chi connectivity index (χ1v) is 6.12. The molecule has 0 radical (unpaired) electrons. The highest BCUT2D eigenvalue weighted by molar-refractivity contribution is 5.24. The molecule has 5 nitrogen and oxygen atoms in total. The van der Waals surface area contributed by atoms with E-state index in [1.807, 2.05) is 31.7 Å². The number of pyridine rings is 1. The first-order valence-electron chi connectivity index (χ1n) is 6.12. The lowest BCUT2D eigenvalue weighted by molar-refractivity contribution is 0.533. The van der Waals surface area contributed by atoms with Crippen molar-refractivity contribution in [2.24, 2.45) is 12.9 Å². The fourth-order valence-corrected chi connectivity index (χ4v) is 2.11. The Kier molecular flexibility index (Phi) is 4.07. The lowest BCUT2D eigenvalue weighted by Gasteiger charge is -2.17. The second-order valence-electron chi connectivity index (χ2n) is 4.35. The van der Waals surface area contributed by atoms with Gasteiger partial charge in [0.25, 0.3) is 0 Å². The Morgan fingerprint density at radius 2 is 2.33 bits per heavy atom. The molecule has 2 aromatic heterocycles. The molecule has 2 heterocycles. The molecule has 96 valence electrons. The van der Waals surface area contributed by atoms with Crippen molar-refractivity contribution in [2.45, 2.75) is 25.8 Å². The van der Waals surface area contributed by atoms with Crippen molar-refractivity contribution in [1.82, 2.24) is 20.2 Å². The first-order chi connectivity index (χ1) is 8.74. The molecule has 2 aromatic rings. The highest BCUT2D eigenvalue weighted by atomic mass is 15.2. The molecule has 0 bridgehead atoms. The summed E-state index contributed by atoms with van der Waals surface area (Å²) in [7, 11) is 1.91. The molecule has 5 heteroatoms. The first kappa shape index (κ1) is 12.7. The van der Waals surface area contributed by atoms with E-state index in [1.165, 1.54) is 5.56 Å². The van der Waals surface area contributed by atoms with Crippen LogP contribution in [0.2, 0.25) is 0 Å². The Bertz CT molecular complexity index is 506. The summed E-state index contributed by atoms with van der Waals surface area (Å²) >= 11 is 0. The van der Waals surface area contributed by atoms with E-state index >= 15 is 0 Å². The van der Waals surface area contributed by atoms with Crippen LogP contribution in [0.15, 0.2) is 30.7 Å². The third-order valence-electron chi connectivity index (χ3n) is 3.04. The standard InChI is InChI=1S/C13H19N5/c1-3-11-5-4-6-15-13(11)12(17-14)7-10-8-16-18(2)9-10/h4-6,8-9,12,17H,3,7,14H2,1-2H3. The van der Waals surface area contributed by atoms with E-state index in [1.54, 1.807) is 4.68 Å². The van der Waals surface area contributed by atoms with Crippen molar-refractivity contribution in [1.29, 1.82) is 0 Å². The monoisotopic (exact) mass is 245 g/mol. The van der Waals surface area contributed by atoms with Gasteiger partial charge in [-0.15, -0.1) is 0 Å². The van der Waals surface area contributed by atoms with Crippen LogP contribution in [0.5, 0.6) is 0 Å². The van der Waals surface area contributed by atoms with Gasteiger partial charge >= 0.3 is 0 Å². The normalized spacial score (nSPS) is 12.6. The summed E-state index contributed by atoms with van der Waals surface area (Å²) < 4.78 is 1.79. The summed E-state index contributed by atoms with van der Waals surface area (Å²) in [6, 6.07) is 4.07. The topological polar surface area (TPSA) is 68.8 Å². The molecule has 0 saturated carbocycles. The zero-order valence-electron chi connectivity index (χ0n) is 10.8. The van der Waals surface area contributed by atoms with E-state index in [9.17, 15) is 0 Å². The van der Waals surface area contributed by atoms with Crippen LogP contribution >= 0.6 is 0 Å². The van der Waals surface area contributed by atoms with Gasteiger partial charge in [-0.2, -0.15) is 5.10 Å². The molecule has 0 aromatic carbocycles. The average Bonchev–Trinajstić information content (AvgIpc) is 2.81. The van der Waals surface area contributed by atoms with E-state index in [0.717, 1.165) is 24.1 Å². The smallest absolute Gasteiger partial charge is 0.0676 e. The zero-order chi connectivity index (χ0) is 13.0. The second-order valence-corrected chi connectivity index (χ2v) is 4.35. The lowest BCUT2D eigenvalue weighted by atomic mass is 10.0. The summed E-state index contributed by atoms with van der Waals surface area (Å²) in [5.74, 6) is 5.67. The molecule has 0 aliphatic rings. The number of hydrogen-bond acceptors (Lipinski definition) is 4. The minimum Gasteiger partial charge on any atom is -0.276 e. The second kappa shape index (κ2) is 5.75. The molecule has 0 saturated heterocycles. The van der Waals surface area contributed by atoms with Gasteiger partial charge in [-0.25, -0.2) is 0 Å². The molecule has 0 fully saturated rings. The maximum Gasteiger partial charge on any atom is 0.0676 e. The van der Waals surface area contributed by atoms with Gasteiger partial charge in [0.2, 0.25) is 0 Å². The number of nitrogens with one attached hydrogen (secondary N) is 1. The van der Waals surface area contributed by atoms with Gasteiger partial charge in [-0.1, -0.05) is 13.0 Å². The maximum atomic E-state index is 5.67. The molecule has 0 amide bonds. The molecule has 0 aliphatic carbocycles. The van der Waals surface area contributed by atoms with Gasteiger partial charge in [0.05, 0.1) is 17.9 Å². The van der Waals surface area contributed by atoms with Gasteiger partial charge in [-0.3, -0.25) is 20.9 Å². The van der Waals surface area contributed by atoms with Gasteiger partial charge in [-0.05, 0) is 30.0 Å². The van der Waals surface area contributed by atoms with Crippen LogP contribution in [-0.2, 0) is 19.9 Å². The average molecular weight is 245 g/mol. The molecule has 0 spiro atoms. The minimum absolute atomic E-state index is 0.0188. The van der Waals surface area contributed by atoms with E-state index in [-0.39, 0.29) is 6.04 Å². The number of aryl methyl sites for hydroxylation is 2. The fourth-order valence-electron chi connectivity index (χ4n) is 2.11. The molecule has 2 rings (SSSR count). The van der Waals surface area contributed by atoms with Crippen LogP contribution in [0.25, 0.3) is 0 Å². The minimum atomic E-state index is 0.0188. The molecular formula is C13H19N5. The van der Waals surface area contributed by atoms with E-state index in [2.05, 4.69) is 28.5 Å². The van der Waals surface area contributed by atoms with Crippen LogP contribution < -0.4 is 11.3 Å². The maximum absolute atomic E-state index is 5.67. The molecule has 3 N–H and O–H groups in total. The van der Waals surface area contributed by atoms with Crippen LogP contribution in [0.1, 0.15) is 29.8 Å². The predicted molar refractivity (Wildman–Crippen MR) is 70.6 cm³/mol. The van der Waals surface area contributed by atoms with Gasteiger partial charge in [0.15, 0.2) is 0 Å². The van der Waals surface area contributed by atoms with Crippen LogP contribution in [0, 0.1) is 0 Å². The molecule has 1 unspecified atom stereocenters. The van der Waals surface area contributed by atoms with E-state index in [0.29, 0.717) is 0 Å². The molecule has 18 heavy (non-hydrogen) atoms. The van der Waals surface area contributed by atoms with Crippen LogP contribution in [0.4, 0.5) is 0 Å². The predicted octanol–water partition coefficient (Wildman–Crippen LogP) is 1.12. The number of nitrogens with two attached hydrogens (primary N) is 1. The summed E-state index contributed by atoms with van der Waals surface area (Å²) in [6.07, 6.45) is 7.41. The Labute approximate surface area is 107 Å². The van der Waals surface area contributed by atoms with Gasteiger partial charge in [0, 0.05) is 19.4 Å². The lowest BCUT2D eigenvalue weighted by Crippen LogP contribution is -2.31. The fraction of sp³-hybridized carbons (Fsp3) is 0.385. The zero-order valence-corrected chi connectivity index (χ0v) is 10.8. The highest BCUT2D eigenvalue weighted by Crippen LogP contribution is 2.19. The van der Waals surface area contributed by atoms with Crippen molar-refractivity contribution in [3.05, 3.63) is 47.5 Å². The highest BCUT2D eigenvalue weighted by Gasteiger charge is 2.15. The Hall–Kier alpha value is -1.72. The summed E-state index contributed by atoms with van der Waals surface area (Å²) in [6.45, 7) is 2.12. The Morgan fingerprint density at radius 3 is 2.94 bits per heavy atom. The summed E-state index contributed by atoms with van der Waals surface area (Å²) in [4.78, 5) is 4.45. The SMILES string of the molecule is CCc1cccnc1C(Cc1cnn(C)c1)NN. The van der Waals surface area contributed by atoms with Gasteiger partial charge < -0.3 is 0 Å². The quantitative estimate of drug-likeness (QED) is 0.612. The van der Waals surface area contributed by atoms with Gasteiger partial charge in [0.1, 0.15) is 0 Å². The van der Waals surface area contributed by atoms with E-state index in [4.69, 9.17) is 5.84 Å². The molecule has 0 aliphatic heterocycles. The number of hydrazine groups is 1. The summed E-state index contributed by atoms with van der Waals surface area (Å²) in [5, 5.41) is 4.17.